The first-order chi connectivity index (χ1) is 8.80. The van der Waals surface area contributed by atoms with Gasteiger partial charge in [-0.1, -0.05) is 0 Å². The molecule has 1 saturated heterocycles. The van der Waals surface area contributed by atoms with Gasteiger partial charge in [0.1, 0.15) is 16.4 Å². The van der Waals surface area contributed by atoms with Gasteiger partial charge in [-0.15, -0.1) is 4.31 Å². The minimum atomic E-state index is -1.21. The van der Waals surface area contributed by atoms with E-state index in [2.05, 4.69) is 0 Å². The Kier molecular flexibility index (Phi) is 4.18. The molecular weight excluding hydrogens is 268 g/mol. The molecule has 0 spiro atoms. The number of benzene rings is 1. The summed E-state index contributed by atoms with van der Waals surface area (Å²) in [6.07, 6.45) is 1.56. The number of nitrogens with zero attached hydrogens (tertiary/aromatic N) is 1. The van der Waals surface area contributed by atoms with Crippen molar-refractivity contribution in [1.29, 1.82) is 0 Å². The summed E-state index contributed by atoms with van der Waals surface area (Å²) >= 11 is -1.21. The lowest BCUT2D eigenvalue weighted by Gasteiger charge is -2.33. The van der Waals surface area contributed by atoms with Crippen molar-refractivity contribution >= 4 is 11.4 Å². The lowest BCUT2D eigenvalue weighted by atomic mass is 10.0. The molecule has 1 aromatic rings. The van der Waals surface area contributed by atoms with Crippen molar-refractivity contribution in [1.82, 2.24) is 4.31 Å². The monoisotopic (exact) mass is 287 g/mol. The maximum atomic E-state index is 13.9. The molecule has 106 valence electrons. The van der Waals surface area contributed by atoms with Gasteiger partial charge in [-0.25, -0.2) is 8.78 Å². The van der Waals surface area contributed by atoms with Gasteiger partial charge in [0, 0.05) is 23.5 Å². The minimum Gasteiger partial charge on any atom is -0.597 e. The van der Waals surface area contributed by atoms with Crippen LogP contribution in [-0.4, -0.2) is 20.1 Å². The van der Waals surface area contributed by atoms with E-state index in [-0.39, 0.29) is 6.04 Å². The highest BCUT2D eigenvalue weighted by Crippen LogP contribution is 2.38. The predicted molar refractivity (Wildman–Crippen MR) is 72.9 cm³/mol. The Hall–Kier alpha value is -0.650. The van der Waals surface area contributed by atoms with Crippen molar-refractivity contribution in [3.63, 3.8) is 0 Å². The topological polar surface area (TPSA) is 26.3 Å². The van der Waals surface area contributed by atoms with Gasteiger partial charge in [-0.2, -0.15) is 0 Å². The second-order valence-electron chi connectivity index (χ2n) is 5.83. The Labute approximate surface area is 116 Å². The molecular formula is C14H19F2NOS. The summed E-state index contributed by atoms with van der Waals surface area (Å²) in [6, 6.07) is 3.17. The highest BCUT2D eigenvalue weighted by atomic mass is 32.2. The molecule has 0 aliphatic carbocycles. The Morgan fingerprint density at radius 3 is 2.63 bits per heavy atom. The number of halogens is 2. The molecule has 0 radical (unpaired) electrons. The molecule has 19 heavy (non-hydrogen) atoms. The molecule has 0 bridgehead atoms. The Bertz CT molecular complexity index is 461. The minimum absolute atomic E-state index is 0.296. The summed E-state index contributed by atoms with van der Waals surface area (Å²) in [6.45, 7) is 6.33. The lowest BCUT2D eigenvalue weighted by molar-refractivity contribution is 0.371. The van der Waals surface area contributed by atoms with E-state index >= 15 is 0 Å². The van der Waals surface area contributed by atoms with Crippen LogP contribution in [-0.2, 0) is 11.4 Å². The van der Waals surface area contributed by atoms with Crippen LogP contribution in [0.1, 0.15) is 45.2 Å². The molecule has 1 aromatic carbocycles. The average molecular weight is 287 g/mol. The van der Waals surface area contributed by atoms with Gasteiger partial charge in [0.05, 0.1) is 6.04 Å². The maximum Gasteiger partial charge on any atom is 0.137 e. The average Bonchev–Trinajstić information content (AvgIpc) is 2.78. The summed E-state index contributed by atoms with van der Waals surface area (Å²) < 4.78 is 41.0. The fourth-order valence-electron chi connectivity index (χ4n) is 2.37. The Balaban J connectivity index is 2.31. The van der Waals surface area contributed by atoms with E-state index in [4.69, 9.17) is 0 Å². The second kappa shape index (κ2) is 5.38. The first-order valence-corrected chi connectivity index (χ1v) is 7.55. The van der Waals surface area contributed by atoms with E-state index in [1.807, 2.05) is 20.8 Å². The molecule has 0 saturated carbocycles. The number of rotatable bonds is 2. The third-order valence-electron chi connectivity index (χ3n) is 3.26. The third kappa shape index (κ3) is 3.09. The van der Waals surface area contributed by atoms with Crippen LogP contribution in [0.5, 0.6) is 0 Å². The molecule has 2 atom stereocenters. The van der Waals surface area contributed by atoms with Crippen molar-refractivity contribution in [2.24, 2.45) is 0 Å². The predicted octanol–water partition coefficient (Wildman–Crippen LogP) is 3.56. The zero-order valence-corrected chi connectivity index (χ0v) is 12.3. The molecule has 2 rings (SSSR count). The molecule has 1 aliphatic heterocycles. The standard InChI is InChI=1S/C14H19F2NOS/c1-14(2,3)19(18)17-8-4-5-13(17)11-9-10(15)6-7-12(11)16/h6-7,9,13H,4-5,8H2,1-3H3/t13?,19-/m1/s1. The number of hydrogen-bond acceptors (Lipinski definition) is 2. The van der Waals surface area contributed by atoms with Gasteiger partial charge in [0.15, 0.2) is 0 Å². The first kappa shape index (κ1) is 14.8. The molecule has 0 N–H and O–H groups in total. The van der Waals surface area contributed by atoms with Crippen molar-refractivity contribution < 1.29 is 13.3 Å². The van der Waals surface area contributed by atoms with Crippen molar-refractivity contribution in [2.45, 2.75) is 44.4 Å². The maximum absolute atomic E-state index is 13.9. The van der Waals surface area contributed by atoms with Gasteiger partial charge in [-0.05, 0) is 51.8 Å². The van der Waals surface area contributed by atoms with Crippen LogP contribution >= 0.6 is 0 Å². The van der Waals surface area contributed by atoms with Crippen molar-refractivity contribution in [2.75, 3.05) is 6.54 Å². The molecule has 1 unspecified atom stereocenters. The molecule has 1 heterocycles. The smallest absolute Gasteiger partial charge is 0.137 e. The lowest BCUT2D eigenvalue weighted by Crippen LogP contribution is -2.42. The highest BCUT2D eigenvalue weighted by molar-refractivity contribution is 7.90. The van der Waals surface area contributed by atoms with Gasteiger partial charge in [0.25, 0.3) is 0 Å². The van der Waals surface area contributed by atoms with E-state index in [9.17, 15) is 13.3 Å². The van der Waals surface area contributed by atoms with Crippen LogP contribution in [0.2, 0.25) is 0 Å². The van der Waals surface area contributed by atoms with Crippen molar-refractivity contribution in [3.05, 3.63) is 35.4 Å². The number of hydrogen-bond donors (Lipinski definition) is 0. The van der Waals surface area contributed by atoms with E-state index in [1.165, 1.54) is 6.07 Å². The second-order valence-corrected chi connectivity index (χ2v) is 8.02. The van der Waals surface area contributed by atoms with Crippen LogP contribution in [0.4, 0.5) is 8.78 Å². The van der Waals surface area contributed by atoms with Crippen LogP contribution in [0, 0.1) is 11.6 Å². The molecule has 0 aromatic heterocycles. The molecule has 0 amide bonds. The van der Waals surface area contributed by atoms with Crippen LogP contribution < -0.4 is 0 Å². The third-order valence-corrected chi connectivity index (χ3v) is 5.17. The summed E-state index contributed by atoms with van der Waals surface area (Å²) in [4.78, 5) is 0. The Morgan fingerprint density at radius 1 is 1.32 bits per heavy atom. The van der Waals surface area contributed by atoms with Gasteiger partial charge < -0.3 is 4.55 Å². The van der Waals surface area contributed by atoms with E-state index < -0.39 is 27.7 Å². The zero-order chi connectivity index (χ0) is 14.2. The SMILES string of the molecule is CC(C)(C)[S@@+]([O-])N1CCCC1c1cc(F)ccc1F. The van der Waals surface area contributed by atoms with Crippen LogP contribution in [0.3, 0.4) is 0 Å². The zero-order valence-electron chi connectivity index (χ0n) is 11.5. The fraction of sp³-hybridized carbons (Fsp3) is 0.571. The Morgan fingerprint density at radius 2 is 2.00 bits per heavy atom. The van der Waals surface area contributed by atoms with Gasteiger partial charge in [0.2, 0.25) is 0 Å². The summed E-state index contributed by atoms with van der Waals surface area (Å²) in [5.41, 5.74) is 0.315. The first-order valence-electron chi connectivity index (χ1n) is 6.44. The van der Waals surface area contributed by atoms with E-state index in [0.717, 1.165) is 18.6 Å². The van der Waals surface area contributed by atoms with Gasteiger partial charge in [-0.3, -0.25) is 0 Å². The highest BCUT2D eigenvalue weighted by Gasteiger charge is 2.41. The van der Waals surface area contributed by atoms with Gasteiger partial charge >= 0.3 is 0 Å². The van der Waals surface area contributed by atoms with Crippen LogP contribution in [0.15, 0.2) is 18.2 Å². The van der Waals surface area contributed by atoms with Crippen molar-refractivity contribution in [3.8, 4) is 0 Å². The fourth-order valence-corrected chi connectivity index (χ4v) is 3.82. The summed E-state index contributed by atoms with van der Waals surface area (Å²) in [5, 5.41) is 0. The summed E-state index contributed by atoms with van der Waals surface area (Å²) in [7, 11) is 0. The van der Waals surface area contributed by atoms with E-state index in [0.29, 0.717) is 18.5 Å². The molecule has 2 nitrogen and oxygen atoms in total. The normalized spacial score (nSPS) is 22.7. The molecule has 1 aliphatic rings. The molecule has 1 fully saturated rings. The van der Waals surface area contributed by atoms with Crippen LogP contribution in [0.25, 0.3) is 0 Å². The largest absolute Gasteiger partial charge is 0.597 e. The van der Waals surface area contributed by atoms with E-state index in [1.54, 1.807) is 4.31 Å². The molecule has 5 heteroatoms. The quantitative estimate of drug-likeness (QED) is 0.777. The summed E-state index contributed by atoms with van der Waals surface area (Å²) in [5.74, 6) is -0.881.